The van der Waals surface area contributed by atoms with E-state index in [9.17, 15) is 19.1 Å². The first-order valence-electron chi connectivity index (χ1n) is 9.81. The van der Waals surface area contributed by atoms with Crippen LogP contribution in [-0.2, 0) is 4.79 Å². The van der Waals surface area contributed by atoms with Crippen molar-refractivity contribution < 1.29 is 19.1 Å². The molecular weight excluding hydrogens is 485 g/mol. The van der Waals surface area contributed by atoms with Crippen LogP contribution in [-0.4, -0.2) is 26.8 Å². The lowest BCUT2D eigenvalue weighted by atomic mass is 9.95. The largest absolute Gasteiger partial charge is 0.503 e. The Balaban J connectivity index is 1.69. The first-order chi connectivity index (χ1) is 15.7. The smallest absolute Gasteiger partial charge is 0.296 e. The summed E-state index contributed by atoms with van der Waals surface area (Å²) in [6.45, 7) is 3.48. The Labute approximate surface area is 200 Å². The standard InChI is InChI=1S/C23H15ClFN3O3S2/c1-10-21(32-11(2)26-10)19(29)17-18(12-3-6-14(25)7-4-12)28(22(31)20(17)30)23-27-15-8-5-13(24)9-16(15)33-23/h3-9,18,30H,1-2H3. The van der Waals surface area contributed by atoms with Gasteiger partial charge in [0.15, 0.2) is 10.9 Å². The molecule has 3 heterocycles. The molecule has 1 unspecified atom stereocenters. The average Bonchev–Trinajstić information content (AvgIpc) is 3.41. The third-order valence-electron chi connectivity index (χ3n) is 5.29. The van der Waals surface area contributed by atoms with E-state index in [-0.39, 0.29) is 10.7 Å². The van der Waals surface area contributed by atoms with Gasteiger partial charge < -0.3 is 5.11 Å². The van der Waals surface area contributed by atoms with Gasteiger partial charge in [-0.15, -0.1) is 11.3 Å². The lowest BCUT2D eigenvalue weighted by Crippen LogP contribution is -2.31. The third-order valence-corrected chi connectivity index (χ3v) is 7.62. The number of nitrogens with zero attached hydrogens (tertiary/aromatic N) is 3. The maximum absolute atomic E-state index is 13.7. The Morgan fingerprint density at radius 2 is 1.85 bits per heavy atom. The quantitative estimate of drug-likeness (QED) is 0.351. The van der Waals surface area contributed by atoms with Gasteiger partial charge in [-0.2, -0.15) is 0 Å². The molecule has 2 aromatic heterocycles. The number of carbonyl (C=O) groups excluding carboxylic acids is 2. The molecule has 2 aromatic carbocycles. The fraction of sp³-hybridized carbons (Fsp3) is 0.130. The molecule has 166 valence electrons. The monoisotopic (exact) mass is 499 g/mol. The predicted octanol–water partition coefficient (Wildman–Crippen LogP) is 5.95. The van der Waals surface area contributed by atoms with Crippen molar-refractivity contribution in [2.45, 2.75) is 19.9 Å². The number of amides is 1. The van der Waals surface area contributed by atoms with Crippen molar-refractivity contribution in [1.29, 1.82) is 0 Å². The molecule has 0 aliphatic carbocycles. The van der Waals surface area contributed by atoms with Crippen LogP contribution in [0.5, 0.6) is 0 Å². The van der Waals surface area contributed by atoms with Crippen LogP contribution >= 0.6 is 34.3 Å². The summed E-state index contributed by atoms with van der Waals surface area (Å²) in [5.41, 5.74) is 1.52. The van der Waals surface area contributed by atoms with Gasteiger partial charge >= 0.3 is 0 Å². The zero-order valence-corrected chi connectivity index (χ0v) is 19.7. The van der Waals surface area contributed by atoms with Crippen LogP contribution in [0.3, 0.4) is 0 Å². The van der Waals surface area contributed by atoms with E-state index in [2.05, 4.69) is 9.97 Å². The fourth-order valence-electron chi connectivity index (χ4n) is 3.85. The zero-order chi connectivity index (χ0) is 23.4. The molecule has 1 aliphatic heterocycles. The summed E-state index contributed by atoms with van der Waals surface area (Å²) >= 11 is 8.49. The fourth-order valence-corrected chi connectivity index (χ4v) is 5.99. The molecule has 0 radical (unpaired) electrons. The van der Waals surface area contributed by atoms with Crippen LogP contribution in [0.2, 0.25) is 5.02 Å². The Morgan fingerprint density at radius 1 is 1.12 bits per heavy atom. The molecule has 0 saturated carbocycles. The highest BCUT2D eigenvalue weighted by atomic mass is 35.5. The van der Waals surface area contributed by atoms with Crippen molar-refractivity contribution in [2.24, 2.45) is 0 Å². The molecule has 5 rings (SSSR count). The van der Waals surface area contributed by atoms with Gasteiger partial charge in [-0.25, -0.2) is 14.4 Å². The van der Waals surface area contributed by atoms with Gasteiger partial charge in [-0.05, 0) is 49.7 Å². The van der Waals surface area contributed by atoms with Gasteiger partial charge in [0.05, 0.1) is 37.4 Å². The summed E-state index contributed by atoms with van der Waals surface area (Å²) in [6.07, 6.45) is 0. The van der Waals surface area contributed by atoms with Crippen molar-refractivity contribution in [3.05, 3.63) is 85.8 Å². The number of benzene rings is 2. The van der Waals surface area contributed by atoms with E-state index in [1.165, 1.54) is 51.8 Å². The van der Waals surface area contributed by atoms with E-state index >= 15 is 0 Å². The molecule has 4 aromatic rings. The summed E-state index contributed by atoms with van der Waals surface area (Å²) in [5, 5.41) is 12.4. The second-order valence-corrected chi connectivity index (χ2v) is 10.1. The number of aliphatic hydroxyl groups is 1. The minimum absolute atomic E-state index is 0.0874. The number of aryl methyl sites for hydroxylation is 2. The van der Waals surface area contributed by atoms with Gasteiger partial charge in [0.1, 0.15) is 5.82 Å². The number of ketones is 1. The van der Waals surface area contributed by atoms with Crippen LogP contribution < -0.4 is 4.90 Å². The van der Waals surface area contributed by atoms with Gasteiger partial charge in [0, 0.05) is 5.02 Å². The Bertz CT molecular complexity index is 1480. The maximum atomic E-state index is 13.7. The summed E-state index contributed by atoms with van der Waals surface area (Å²) in [6, 6.07) is 9.63. The Hall–Kier alpha value is -3.14. The molecule has 33 heavy (non-hydrogen) atoms. The van der Waals surface area contributed by atoms with E-state index in [1.807, 2.05) is 0 Å². The summed E-state index contributed by atoms with van der Waals surface area (Å²) in [5.74, 6) is -2.36. The number of Topliss-reactive ketones (excluding diaryl/α,β-unsaturated/α-hetero) is 1. The molecule has 0 fully saturated rings. The number of carbonyl (C=O) groups is 2. The van der Waals surface area contributed by atoms with Crippen LogP contribution in [0.25, 0.3) is 10.2 Å². The third kappa shape index (κ3) is 3.62. The van der Waals surface area contributed by atoms with Gasteiger partial charge in [0.2, 0.25) is 5.78 Å². The first kappa shape index (κ1) is 21.7. The first-order valence-corrected chi connectivity index (χ1v) is 11.8. The number of rotatable bonds is 4. The highest BCUT2D eigenvalue weighted by Crippen LogP contribution is 2.45. The van der Waals surface area contributed by atoms with Crippen molar-refractivity contribution >= 4 is 61.3 Å². The van der Waals surface area contributed by atoms with E-state index in [0.717, 1.165) is 4.70 Å². The average molecular weight is 500 g/mol. The maximum Gasteiger partial charge on any atom is 0.296 e. The molecule has 10 heteroatoms. The molecule has 6 nitrogen and oxygen atoms in total. The van der Waals surface area contributed by atoms with Crippen molar-refractivity contribution in [3.63, 3.8) is 0 Å². The molecule has 1 N–H and O–H groups in total. The predicted molar refractivity (Wildman–Crippen MR) is 127 cm³/mol. The number of hydrogen-bond donors (Lipinski definition) is 1. The minimum Gasteiger partial charge on any atom is -0.503 e. The Morgan fingerprint density at radius 3 is 2.52 bits per heavy atom. The van der Waals surface area contributed by atoms with Crippen LogP contribution in [0, 0.1) is 19.7 Å². The van der Waals surface area contributed by atoms with Crippen LogP contribution in [0.15, 0.2) is 53.8 Å². The molecular formula is C23H15ClFN3O3S2. The zero-order valence-electron chi connectivity index (χ0n) is 17.3. The van der Waals surface area contributed by atoms with Gasteiger partial charge in [0.25, 0.3) is 5.91 Å². The highest BCUT2D eigenvalue weighted by Gasteiger charge is 2.46. The number of halogens is 2. The second kappa shape index (κ2) is 8.02. The molecule has 0 spiro atoms. The van der Waals surface area contributed by atoms with Crippen molar-refractivity contribution in [2.75, 3.05) is 4.90 Å². The lowest BCUT2D eigenvalue weighted by molar-refractivity contribution is -0.117. The SMILES string of the molecule is Cc1nc(C)c(C(=O)C2=C(O)C(=O)N(c3nc4ccc(Cl)cc4s3)C2c2ccc(F)cc2)s1. The topological polar surface area (TPSA) is 83.4 Å². The minimum atomic E-state index is -0.983. The lowest BCUT2D eigenvalue weighted by Gasteiger charge is -2.24. The Kier molecular flexibility index (Phi) is 5.27. The van der Waals surface area contributed by atoms with E-state index in [4.69, 9.17) is 11.6 Å². The molecule has 0 saturated heterocycles. The van der Waals surface area contributed by atoms with Gasteiger partial charge in [-0.3, -0.25) is 14.5 Å². The second-order valence-electron chi connectivity index (χ2n) is 7.48. The number of anilines is 1. The number of aliphatic hydroxyl groups excluding tert-OH is 1. The number of aromatic nitrogens is 2. The van der Waals surface area contributed by atoms with Gasteiger partial charge in [-0.1, -0.05) is 35.1 Å². The van der Waals surface area contributed by atoms with Crippen molar-refractivity contribution in [1.82, 2.24) is 9.97 Å². The summed E-state index contributed by atoms with van der Waals surface area (Å²) in [4.78, 5) is 37.2. The normalized spacial score (nSPS) is 16.3. The summed E-state index contributed by atoms with van der Waals surface area (Å²) in [7, 11) is 0. The molecule has 1 amide bonds. The number of fused-ring (bicyclic) bond motifs is 1. The molecule has 1 atom stereocenters. The molecule has 0 bridgehead atoms. The van der Waals surface area contributed by atoms with E-state index in [1.54, 1.807) is 32.0 Å². The van der Waals surface area contributed by atoms with Crippen molar-refractivity contribution in [3.8, 4) is 0 Å². The summed E-state index contributed by atoms with van der Waals surface area (Å²) < 4.78 is 14.4. The highest BCUT2D eigenvalue weighted by molar-refractivity contribution is 7.22. The van der Waals surface area contributed by atoms with E-state index in [0.29, 0.717) is 31.7 Å². The molecule has 1 aliphatic rings. The number of thiazole rings is 2. The van der Waals surface area contributed by atoms with Crippen LogP contribution in [0.4, 0.5) is 9.52 Å². The van der Waals surface area contributed by atoms with E-state index < -0.39 is 29.3 Å². The van der Waals surface area contributed by atoms with Crippen LogP contribution in [0.1, 0.15) is 32.0 Å². The number of hydrogen-bond acceptors (Lipinski definition) is 7.